The standard InChI is InChI=1S/C19H17BrN2O2/c20-15-6-1-2-7-17(15)22-18(23)11-16(19(22)24)21-14-9-8-12-4-3-5-13(12)10-14/h1-2,6-10,16,21H,3-5,11H2. The van der Waals surface area contributed by atoms with Crippen LogP contribution in [-0.4, -0.2) is 17.9 Å². The van der Waals surface area contributed by atoms with Gasteiger partial charge in [0.25, 0.3) is 5.91 Å². The molecular weight excluding hydrogens is 368 g/mol. The van der Waals surface area contributed by atoms with Crippen molar-refractivity contribution in [3.8, 4) is 0 Å². The molecule has 0 radical (unpaired) electrons. The van der Waals surface area contributed by atoms with E-state index in [0.717, 1.165) is 23.0 Å². The van der Waals surface area contributed by atoms with E-state index < -0.39 is 6.04 Å². The monoisotopic (exact) mass is 384 g/mol. The van der Waals surface area contributed by atoms with Crippen LogP contribution in [0.25, 0.3) is 0 Å². The fourth-order valence-corrected chi connectivity index (χ4v) is 3.96. The van der Waals surface area contributed by atoms with Crippen molar-refractivity contribution in [1.82, 2.24) is 0 Å². The molecule has 1 saturated heterocycles. The Morgan fingerprint density at radius 3 is 2.67 bits per heavy atom. The quantitative estimate of drug-likeness (QED) is 0.821. The topological polar surface area (TPSA) is 49.4 Å². The van der Waals surface area contributed by atoms with E-state index in [4.69, 9.17) is 0 Å². The molecular formula is C19H17BrN2O2. The van der Waals surface area contributed by atoms with Crippen molar-refractivity contribution in [1.29, 1.82) is 0 Å². The fraction of sp³-hybridized carbons (Fsp3) is 0.263. The van der Waals surface area contributed by atoms with Gasteiger partial charge in [0.1, 0.15) is 6.04 Å². The molecule has 1 fully saturated rings. The number of amides is 2. The zero-order valence-corrected chi connectivity index (χ0v) is 14.7. The lowest BCUT2D eigenvalue weighted by molar-refractivity contribution is -0.121. The summed E-state index contributed by atoms with van der Waals surface area (Å²) < 4.78 is 0.741. The molecule has 2 aromatic carbocycles. The van der Waals surface area contributed by atoms with Crippen LogP contribution >= 0.6 is 15.9 Å². The predicted molar refractivity (Wildman–Crippen MR) is 97.1 cm³/mol. The van der Waals surface area contributed by atoms with Crippen molar-refractivity contribution in [2.24, 2.45) is 0 Å². The number of carbonyl (C=O) groups excluding carboxylic acids is 2. The Labute approximate surface area is 149 Å². The van der Waals surface area contributed by atoms with Crippen LogP contribution in [0, 0.1) is 0 Å². The Morgan fingerprint density at radius 1 is 1.04 bits per heavy atom. The summed E-state index contributed by atoms with van der Waals surface area (Å²) >= 11 is 3.42. The molecule has 4 rings (SSSR count). The number of nitrogens with one attached hydrogen (secondary N) is 1. The molecule has 0 bridgehead atoms. The van der Waals surface area contributed by atoms with Gasteiger partial charge in [0.15, 0.2) is 0 Å². The molecule has 24 heavy (non-hydrogen) atoms. The molecule has 5 heteroatoms. The summed E-state index contributed by atoms with van der Waals surface area (Å²) in [6.45, 7) is 0. The van der Waals surface area contributed by atoms with Crippen LogP contribution in [-0.2, 0) is 22.4 Å². The molecule has 4 nitrogen and oxygen atoms in total. The van der Waals surface area contributed by atoms with Crippen LogP contribution in [0.2, 0.25) is 0 Å². The maximum atomic E-state index is 12.7. The number of benzene rings is 2. The van der Waals surface area contributed by atoms with Gasteiger partial charge >= 0.3 is 0 Å². The summed E-state index contributed by atoms with van der Waals surface area (Å²) in [4.78, 5) is 26.4. The first-order valence-electron chi connectivity index (χ1n) is 8.13. The normalized spacial score (nSPS) is 19.7. The van der Waals surface area contributed by atoms with Crippen LogP contribution in [0.4, 0.5) is 11.4 Å². The first-order valence-corrected chi connectivity index (χ1v) is 8.92. The van der Waals surface area contributed by atoms with Gasteiger partial charge in [0.05, 0.1) is 12.1 Å². The Hall–Kier alpha value is -2.14. The van der Waals surface area contributed by atoms with E-state index in [-0.39, 0.29) is 18.2 Å². The van der Waals surface area contributed by atoms with Crippen LogP contribution in [0.1, 0.15) is 24.0 Å². The first kappa shape index (κ1) is 15.4. The SMILES string of the molecule is O=C1CC(Nc2ccc3c(c2)CCC3)C(=O)N1c1ccccc1Br. The van der Waals surface area contributed by atoms with Gasteiger partial charge < -0.3 is 5.32 Å². The zero-order valence-electron chi connectivity index (χ0n) is 13.1. The Balaban J connectivity index is 1.57. The summed E-state index contributed by atoms with van der Waals surface area (Å²) in [6, 6.07) is 13.0. The van der Waals surface area contributed by atoms with Gasteiger partial charge in [-0.1, -0.05) is 18.2 Å². The fourth-order valence-electron chi connectivity index (χ4n) is 3.49. The van der Waals surface area contributed by atoms with Crippen molar-refractivity contribution < 1.29 is 9.59 Å². The minimum absolute atomic E-state index is 0.175. The molecule has 2 aliphatic rings. The Bertz CT molecular complexity index is 834. The van der Waals surface area contributed by atoms with Crippen LogP contribution in [0.3, 0.4) is 0 Å². The summed E-state index contributed by atoms with van der Waals surface area (Å²) in [7, 11) is 0. The van der Waals surface area contributed by atoms with E-state index >= 15 is 0 Å². The highest BCUT2D eigenvalue weighted by molar-refractivity contribution is 9.10. The van der Waals surface area contributed by atoms with Gasteiger partial charge in [-0.05, 0) is 70.6 Å². The van der Waals surface area contributed by atoms with Crippen molar-refractivity contribution in [3.05, 3.63) is 58.1 Å². The lowest BCUT2D eigenvalue weighted by Gasteiger charge is -2.17. The van der Waals surface area contributed by atoms with Gasteiger partial charge in [0, 0.05) is 10.2 Å². The third kappa shape index (κ3) is 2.63. The molecule has 122 valence electrons. The molecule has 1 atom stereocenters. The van der Waals surface area contributed by atoms with Gasteiger partial charge in [-0.15, -0.1) is 0 Å². The van der Waals surface area contributed by atoms with Crippen LogP contribution in [0.15, 0.2) is 46.9 Å². The van der Waals surface area contributed by atoms with E-state index in [0.29, 0.717) is 5.69 Å². The average Bonchev–Trinajstić information content (AvgIpc) is 3.13. The van der Waals surface area contributed by atoms with Gasteiger partial charge in [-0.2, -0.15) is 0 Å². The van der Waals surface area contributed by atoms with Crippen molar-refractivity contribution in [2.75, 3.05) is 10.2 Å². The van der Waals surface area contributed by atoms with E-state index in [1.54, 1.807) is 6.07 Å². The minimum atomic E-state index is -0.510. The number of hydrogen-bond donors (Lipinski definition) is 1. The number of rotatable bonds is 3. The molecule has 1 aliphatic carbocycles. The molecule has 2 aromatic rings. The number of halogens is 1. The summed E-state index contributed by atoms with van der Waals surface area (Å²) in [6.07, 6.45) is 3.59. The summed E-state index contributed by atoms with van der Waals surface area (Å²) in [5, 5.41) is 3.24. The number of nitrogens with zero attached hydrogens (tertiary/aromatic N) is 1. The summed E-state index contributed by atoms with van der Waals surface area (Å²) in [5.41, 5.74) is 4.25. The average molecular weight is 385 g/mol. The molecule has 0 aromatic heterocycles. The number of aryl methyl sites for hydroxylation is 2. The van der Waals surface area contributed by atoms with Gasteiger partial charge in [-0.3, -0.25) is 9.59 Å². The highest BCUT2D eigenvalue weighted by atomic mass is 79.9. The first-order chi connectivity index (χ1) is 11.6. The van der Waals surface area contributed by atoms with E-state index in [1.165, 1.54) is 22.4 Å². The van der Waals surface area contributed by atoms with Gasteiger partial charge in [-0.25, -0.2) is 4.90 Å². The second-order valence-corrected chi connectivity index (χ2v) is 7.11. The Morgan fingerprint density at radius 2 is 1.83 bits per heavy atom. The zero-order chi connectivity index (χ0) is 16.7. The van der Waals surface area contributed by atoms with E-state index in [1.807, 2.05) is 24.3 Å². The van der Waals surface area contributed by atoms with E-state index in [9.17, 15) is 9.59 Å². The second-order valence-electron chi connectivity index (χ2n) is 6.26. The smallest absolute Gasteiger partial charge is 0.256 e. The molecule has 0 saturated carbocycles. The third-order valence-electron chi connectivity index (χ3n) is 4.68. The lowest BCUT2D eigenvalue weighted by Crippen LogP contribution is -2.35. The maximum absolute atomic E-state index is 12.7. The number of imide groups is 1. The number of carbonyl (C=O) groups is 2. The van der Waals surface area contributed by atoms with Crippen molar-refractivity contribution in [3.63, 3.8) is 0 Å². The number of fused-ring (bicyclic) bond motifs is 1. The number of para-hydroxylation sites is 1. The van der Waals surface area contributed by atoms with Gasteiger partial charge in [0.2, 0.25) is 5.91 Å². The van der Waals surface area contributed by atoms with Crippen LogP contribution < -0.4 is 10.2 Å². The number of anilines is 2. The second kappa shape index (κ2) is 6.06. The lowest BCUT2D eigenvalue weighted by atomic mass is 10.1. The highest BCUT2D eigenvalue weighted by Gasteiger charge is 2.40. The van der Waals surface area contributed by atoms with Crippen molar-refractivity contribution in [2.45, 2.75) is 31.7 Å². The maximum Gasteiger partial charge on any atom is 0.256 e. The predicted octanol–water partition coefficient (Wildman–Crippen LogP) is 3.68. The largest absolute Gasteiger partial charge is 0.373 e. The van der Waals surface area contributed by atoms with E-state index in [2.05, 4.69) is 33.4 Å². The molecule has 1 unspecified atom stereocenters. The summed E-state index contributed by atoms with van der Waals surface area (Å²) in [5.74, 6) is -0.377. The highest BCUT2D eigenvalue weighted by Crippen LogP contribution is 2.32. The third-order valence-corrected chi connectivity index (χ3v) is 5.35. The molecule has 2 amide bonds. The molecule has 0 spiro atoms. The van der Waals surface area contributed by atoms with Crippen molar-refractivity contribution >= 4 is 39.1 Å². The number of hydrogen-bond acceptors (Lipinski definition) is 3. The van der Waals surface area contributed by atoms with Crippen LogP contribution in [0.5, 0.6) is 0 Å². The minimum Gasteiger partial charge on any atom is -0.373 e. The molecule has 1 aliphatic heterocycles. The molecule has 1 heterocycles. The molecule has 1 N–H and O–H groups in total. The Kier molecular flexibility index (Phi) is 3.88.